The summed E-state index contributed by atoms with van der Waals surface area (Å²) < 4.78 is 16.4. The SMILES string of the molecule is CCC1CCC(C(=O)NC(CCC(=O)NC(CCC(=O)O)C(=O)NCCCOCCOCCOCCCNC(=O)CCN2C(=O)CC(C)C2=O)C(=O)O)CC1. The third-order valence-electron chi connectivity index (χ3n) is 9.70. The number of carbonyl (C=O) groups excluding carboxylic acids is 6. The van der Waals surface area contributed by atoms with Crippen molar-refractivity contribution in [3.8, 4) is 0 Å². The second-order valence-corrected chi connectivity index (χ2v) is 14.0. The Morgan fingerprint density at radius 1 is 0.745 bits per heavy atom. The molecule has 1 heterocycles. The smallest absolute Gasteiger partial charge is 0.326 e. The molecule has 3 unspecified atom stereocenters. The monoisotopic (exact) mass is 783 g/mol. The molecule has 6 N–H and O–H groups in total. The van der Waals surface area contributed by atoms with Gasteiger partial charge in [0.05, 0.1) is 26.4 Å². The van der Waals surface area contributed by atoms with Gasteiger partial charge in [-0.05, 0) is 57.3 Å². The maximum Gasteiger partial charge on any atom is 0.326 e. The summed E-state index contributed by atoms with van der Waals surface area (Å²) in [5, 5.41) is 29.2. The van der Waals surface area contributed by atoms with E-state index in [-0.39, 0.29) is 87.1 Å². The molecule has 0 aromatic carbocycles. The topological polar surface area (TPSA) is 256 Å². The lowest BCUT2D eigenvalue weighted by Crippen LogP contribution is -2.48. The number of carboxylic acid groups (broad SMARTS) is 2. The van der Waals surface area contributed by atoms with E-state index in [4.69, 9.17) is 19.3 Å². The lowest BCUT2D eigenvalue weighted by molar-refractivity contribution is -0.143. The molecule has 1 saturated carbocycles. The molecule has 6 amide bonds. The highest BCUT2D eigenvalue weighted by atomic mass is 16.5. The summed E-state index contributed by atoms with van der Waals surface area (Å²) in [6.45, 7) is 6.56. The zero-order chi connectivity index (χ0) is 40.6. The number of nitrogens with one attached hydrogen (secondary N) is 4. The Balaban J connectivity index is 1.52. The molecule has 0 spiro atoms. The van der Waals surface area contributed by atoms with Gasteiger partial charge in [-0.15, -0.1) is 0 Å². The van der Waals surface area contributed by atoms with Gasteiger partial charge in [0.2, 0.25) is 35.4 Å². The number of likely N-dealkylation sites (tertiary alicyclic amines) is 1. The number of ether oxygens (including phenoxy) is 3. The van der Waals surface area contributed by atoms with Crippen LogP contribution in [0, 0.1) is 17.8 Å². The molecule has 2 aliphatic rings. The first-order valence-corrected chi connectivity index (χ1v) is 19.5. The Morgan fingerprint density at radius 3 is 1.87 bits per heavy atom. The predicted octanol–water partition coefficient (Wildman–Crippen LogP) is 0.750. The minimum Gasteiger partial charge on any atom is -0.481 e. The number of aliphatic carboxylic acids is 2. The van der Waals surface area contributed by atoms with Crippen LogP contribution in [0.5, 0.6) is 0 Å². The van der Waals surface area contributed by atoms with Crippen molar-refractivity contribution < 1.29 is 62.8 Å². The molecule has 1 saturated heterocycles. The van der Waals surface area contributed by atoms with E-state index < -0.39 is 35.8 Å². The molecule has 0 aromatic heterocycles. The van der Waals surface area contributed by atoms with Crippen molar-refractivity contribution in [3.05, 3.63) is 0 Å². The van der Waals surface area contributed by atoms with Gasteiger partial charge in [-0.2, -0.15) is 0 Å². The summed E-state index contributed by atoms with van der Waals surface area (Å²) in [7, 11) is 0. The van der Waals surface area contributed by atoms with E-state index >= 15 is 0 Å². The molecule has 1 aliphatic carbocycles. The number of imide groups is 1. The van der Waals surface area contributed by atoms with Crippen LogP contribution in [0.2, 0.25) is 0 Å². The maximum atomic E-state index is 12.8. The molecule has 3 atom stereocenters. The van der Waals surface area contributed by atoms with E-state index in [0.29, 0.717) is 77.8 Å². The van der Waals surface area contributed by atoms with Crippen LogP contribution < -0.4 is 21.3 Å². The molecule has 18 nitrogen and oxygen atoms in total. The maximum absolute atomic E-state index is 12.8. The van der Waals surface area contributed by atoms with Gasteiger partial charge in [0.1, 0.15) is 12.1 Å². The highest BCUT2D eigenvalue weighted by Crippen LogP contribution is 2.30. The van der Waals surface area contributed by atoms with Gasteiger partial charge in [-0.1, -0.05) is 20.3 Å². The molecule has 1 aliphatic heterocycles. The van der Waals surface area contributed by atoms with E-state index in [1.165, 1.54) is 0 Å². The van der Waals surface area contributed by atoms with E-state index in [2.05, 4.69) is 28.2 Å². The second kappa shape index (κ2) is 26.6. The van der Waals surface area contributed by atoms with Crippen molar-refractivity contribution in [1.82, 2.24) is 26.2 Å². The predicted molar refractivity (Wildman–Crippen MR) is 196 cm³/mol. The number of carbonyl (C=O) groups is 8. The summed E-state index contributed by atoms with van der Waals surface area (Å²) in [4.78, 5) is 97.9. The van der Waals surface area contributed by atoms with Gasteiger partial charge < -0.3 is 45.7 Å². The lowest BCUT2D eigenvalue weighted by Gasteiger charge is -2.28. The summed E-state index contributed by atoms with van der Waals surface area (Å²) in [6, 6.07) is -2.41. The standard InChI is InChI=1S/C37H61N5O13/c1-3-26-6-8-27(9-7-26)34(48)41-29(37(51)52)10-12-31(44)40-28(11-13-33(46)47)35(49)39-16-5-19-54-21-23-55-22-20-53-18-4-15-38-30(43)14-17-42-32(45)24-25(2)36(42)50/h25-29H,3-24H2,1-2H3,(H,38,43)(H,39,49)(H,40,44)(H,41,48)(H,46,47)(H,51,52). The van der Waals surface area contributed by atoms with E-state index in [1.807, 2.05) is 0 Å². The molecular formula is C37H61N5O13. The molecule has 2 rings (SSSR count). The molecule has 2 fully saturated rings. The van der Waals surface area contributed by atoms with Crippen LogP contribution in [0.4, 0.5) is 0 Å². The van der Waals surface area contributed by atoms with E-state index in [0.717, 1.165) is 24.2 Å². The number of amides is 6. The number of carboxylic acids is 2. The quantitative estimate of drug-likeness (QED) is 0.0453. The zero-order valence-electron chi connectivity index (χ0n) is 32.3. The first-order valence-electron chi connectivity index (χ1n) is 19.5. The molecular weight excluding hydrogens is 722 g/mol. The van der Waals surface area contributed by atoms with Gasteiger partial charge in [-0.3, -0.25) is 38.5 Å². The van der Waals surface area contributed by atoms with E-state index in [9.17, 15) is 43.5 Å². The fraction of sp³-hybridized carbons (Fsp3) is 0.784. The Kier molecular flexibility index (Phi) is 22.7. The molecule has 312 valence electrons. The second-order valence-electron chi connectivity index (χ2n) is 14.0. The molecule has 55 heavy (non-hydrogen) atoms. The van der Waals surface area contributed by atoms with Gasteiger partial charge >= 0.3 is 11.9 Å². The Labute approximate surface area is 322 Å². The van der Waals surface area contributed by atoms with Crippen LogP contribution in [0.3, 0.4) is 0 Å². The number of hydrogen-bond donors (Lipinski definition) is 6. The normalized spacial score (nSPS) is 19.4. The minimum atomic E-state index is -1.27. The van der Waals surface area contributed by atoms with Crippen molar-refractivity contribution in [2.75, 3.05) is 59.3 Å². The van der Waals surface area contributed by atoms with Crippen molar-refractivity contribution >= 4 is 47.4 Å². The molecule has 18 heteroatoms. The largest absolute Gasteiger partial charge is 0.481 e. The first kappa shape index (κ1) is 47.0. The van der Waals surface area contributed by atoms with Crippen molar-refractivity contribution in [3.63, 3.8) is 0 Å². The van der Waals surface area contributed by atoms with Crippen molar-refractivity contribution in [2.45, 2.75) is 109 Å². The Bertz CT molecular complexity index is 1270. The summed E-state index contributed by atoms with van der Waals surface area (Å²) >= 11 is 0. The van der Waals surface area contributed by atoms with Gasteiger partial charge in [-0.25, -0.2) is 4.79 Å². The Morgan fingerprint density at radius 2 is 1.33 bits per heavy atom. The zero-order valence-corrected chi connectivity index (χ0v) is 32.3. The Hall–Kier alpha value is -4.16. The number of rotatable bonds is 29. The van der Waals surface area contributed by atoms with Crippen LogP contribution in [0.1, 0.15) is 97.3 Å². The van der Waals surface area contributed by atoms with Crippen molar-refractivity contribution in [2.24, 2.45) is 17.8 Å². The third kappa shape index (κ3) is 19.3. The lowest BCUT2D eigenvalue weighted by atomic mass is 9.80. The summed E-state index contributed by atoms with van der Waals surface area (Å²) in [5.74, 6) is -4.68. The summed E-state index contributed by atoms with van der Waals surface area (Å²) in [6.07, 6.45) is 4.56. The highest BCUT2D eigenvalue weighted by molar-refractivity contribution is 6.03. The van der Waals surface area contributed by atoms with Gasteiger partial charge in [0.15, 0.2) is 0 Å². The molecule has 0 radical (unpaired) electrons. The fourth-order valence-corrected chi connectivity index (χ4v) is 6.30. The van der Waals surface area contributed by atoms with Gasteiger partial charge in [0.25, 0.3) is 0 Å². The third-order valence-corrected chi connectivity index (χ3v) is 9.70. The molecule has 0 bridgehead atoms. The van der Waals surface area contributed by atoms with Crippen LogP contribution in [-0.2, 0) is 52.6 Å². The van der Waals surface area contributed by atoms with Gasteiger partial charge in [0, 0.05) is 70.4 Å². The first-order chi connectivity index (χ1) is 26.3. The van der Waals surface area contributed by atoms with E-state index in [1.54, 1.807) is 6.92 Å². The molecule has 0 aromatic rings. The van der Waals surface area contributed by atoms with Crippen LogP contribution in [-0.4, -0.2) is 134 Å². The van der Waals surface area contributed by atoms with Crippen LogP contribution >= 0.6 is 0 Å². The summed E-state index contributed by atoms with van der Waals surface area (Å²) in [5.41, 5.74) is 0. The minimum absolute atomic E-state index is 0.0634. The number of nitrogens with zero attached hydrogens (tertiary/aromatic N) is 1. The number of hydrogen-bond acceptors (Lipinski definition) is 11. The van der Waals surface area contributed by atoms with Crippen LogP contribution in [0.25, 0.3) is 0 Å². The average Bonchev–Trinajstić information content (AvgIpc) is 3.40. The van der Waals surface area contributed by atoms with Crippen molar-refractivity contribution in [1.29, 1.82) is 0 Å². The van der Waals surface area contributed by atoms with Crippen LogP contribution in [0.15, 0.2) is 0 Å². The fourth-order valence-electron chi connectivity index (χ4n) is 6.30. The average molecular weight is 784 g/mol. The highest BCUT2D eigenvalue weighted by Gasteiger charge is 2.35.